The maximum atomic E-state index is 12.2. The van der Waals surface area contributed by atoms with Crippen molar-refractivity contribution in [3.63, 3.8) is 0 Å². The number of aliphatic hydroxyl groups is 1. The highest BCUT2D eigenvalue weighted by molar-refractivity contribution is 5.50. The van der Waals surface area contributed by atoms with Gasteiger partial charge in [-0.05, 0) is 0 Å². The van der Waals surface area contributed by atoms with Crippen molar-refractivity contribution >= 4 is 0 Å². The maximum absolute atomic E-state index is 12.2. The van der Waals surface area contributed by atoms with Crippen molar-refractivity contribution in [2.45, 2.75) is 24.9 Å². The van der Waals surface area contributed by atoms with E-state index in [1.54, 1.807) is 0 Å². The molecule has 0 amide bonds. The van der Waals surface area contributed by atoms with Crippen molar-refractivity contribution < 1.29 is 19.2 Å². The molecule has 3 heterocycles. The Morgan fingerprint density at radius 1 is 1.50 bits per heavy atom. The number of nitriles is 1. The van der Waals surface area contributed by atoms with Gasteiger partial charge in [-0.15, -0.1) is 0 Å². The zero-order valence-electron chi connectivity index (χ0n) is 12.3. The Hall–Kier alpha value is -2.30. The fraction of sp³-hybridized carbons (Fsp3) is 0.467. The van der Waals surface area contributed by atoms with Crippen LogP contribution in [-0.4, -0.2) is 25.2 Å². The Bertz CT molecular complexity index is 736. The molecule has 3 rings (SSSR count). The van der Waals surface area contributed by atoms with Crippen LogP contribution in [0.25, 0.3) is 0 Å². The van der Waals surface area contributed by atoms with Gasteiger partial charge in [0, 0.05) is 18.9 Å². The molecule has 0 bridgehead atoms. The minimum absolute atomic E-state index is 0.0291. The van der Waals surface area contributed by atoms with E-state index in [-0.39, 0.29) is 24.0 Å². The van der Waals surface area contributed by atoms with Gasteiger partial charge in [0.2, 0.25) is 17.1 Å². The van der Waals surface area contributed by atoms with Crippen molar-refractivity contribution in [2.24, 2.45) is 5.73 Å². The summed E-state index contributed by atoms with van der Waals surface area (Å²) in [6.45, 7) is 1.26. The Morgan fingerprint density at radius 3 is 2.77 bits per heavy atom. The van der Waals surface area contributed by atoms with Gasteiger partial charge in [-0.1, -0.05) is 0 Å². The van der Waals surface area contributed by atoms with Gasteiger partial charge in [0.15, 0.2) is 5.76 Å². The quantitative estimate of drug-likeness (QED) is 0.598. The molecule has 1 aromatic heterocycles. The lowest BCUT2D eigenvalue weighted by Crippen LogP contribution is -3.10. The summed E-state index contributed by atoms with van der Waals surface area (Å²) >= 11 is 0. The van der Waals surface area contributed by atoms with Crippen LogP contribution in [0.1, 0.15) is 24.4 Å². The molecule has 0 radical (unpaired) electrons. The van der Waals surface area contributed by atoms with Crippen LogP contribution in [-0.2, 0) is 12.0 Å². The Labute approximate surface area is 127 Å². The molecule has 1 fully saturated rings. The highest BCUT2D eigenvalue weighted by Gasteiger charge is 2.50. The van der Waals surface area contributed by atoms with Crippen molar-refractivity contribution in [1.29, 1.82) is 5.26 Å². The fourth-order valence-corrected chi connectivity index (χ4v) is 3.27. The molecule has 1 spiro atoms. The third kappa shape index (κ3) is 2.00. The summed E-state index contributed by atoms with van der Waals surface area (Å²) in [5.74, 6) is 0.491. The lowest BCUT2D eigenvalue weighted by molar-refractivity contribution is -0.886. The molecule has 1 aromatic rings. The SMILES string of the molecule is C[NH+]1CCC2(CC1)C(C#N)=C(N)Oc1c2oc(CO)cc1=O. The van der Waals surface area contributed by atoms with E-state index in [0.717, 1.165) is 13.1 Å². The van der Waals surface area contributed by atoms with Crippen molar-refractivity contribution in [1.82, 2.24) is 0 Å². The van der Waals surface area contributed by atoms with E-state index in [1.807, 2.05) is 0 Å². The Balaban J connectivity index is 2.25. The van der Waals surface area contributed by atoms with Gasteiger partial charge in [-0.2, -0.15) is 5.26 Å². The van der Waals surface area contributed by atoms with E-state index in [9.17, 15) is 15.2 Å². The average molecular weight is 304 g/mol. The van der Waals surface area contributed by atoms with Gasteiger partial charge in [0.1, 0.15) is 24.0 Å². The first-order valence-corrected chi connectivity index (χ1v) is 7.19. The second-order valence-corrected chi connectivity index (χ2v) is 5.89. The van der Waals surface area contributed by atoms with Gasteiger partial charge in [0.25, 0.3) is 0 Å². The standard InChI is InChI=1S/C15H17N3O4/c1-18-4-2-15(3-5-18)10(7-16)14(17)22-12-11(20)6-9(8-19)21-13(12)15/h6,19H,2-5,8,17H2,1H3/p+1. The number of nitrogens with zero attached hydrogens (tertiary/aromatic N) is 1. The van der Waals surface area contributed by atoms with Crippen LogP contribution in [0.2, 0.25) is 0 Å². The molecule has 7 nitrogen and oxygen atoms in total. The zero-order valence-corrected chi connectivity index (χ0v) is 12.3. The highest BCUT2D eigenvalue weighted by atomic mass is 16.5. The fourth-order valence-electron chi connectivity index (χ4n) is 3.27. The number of nitrogens with one attached hydrogen (secondary N) is 1. The number of likely N-dealkylation sites (tertiary alicyclic amines) is 1. The number of hydrogen-bond acceptors (Lipinski definition) is 6. The monoisotopic (exact) mass is 304 g/mol. The van der Waals surface area contributed by atoms with E-state index < -0.39 is 10.8 Å². The third-order valence-electron chi connectivity index (χ3n) is 4.55. The number of rotatable bonds is 1. The largest absolute Gasteiger partial charge is 0.458 e. The van der Waals surface area contributed by atoms with Crippen LogP contribution in [0.3, 0.4) is 0 Å². The highest BCUT2D eigenvalue weighted by Crippen LogP contribution is 2.46. The lowest BCUT2D eigenvalue weighted by Gasteiger charge is -2.40. The summed E-state index contributed by atoms with van der Waals surface area (Å²) in [6.07, 6.45) is 1.27. The van der Waals surface area contributed by atoms with E-state index in [4.69, 9.17) is 14.9 Å². The van der Waals surface area contributed by atoms with Gasteiger partial charge >= 0.3 is 0 Å². The number of fused-ring (bicyclic) bond motifs is 2. The molecule has 0 aromatic carbocycles. The summed E-state index contributed by atoms with van der Waals surface area (Å²) in [5.41, 5.74) is 5.06. The average Bonchev–Trinajstić information content (AvgIpc) is 2.51. The summed E-state index contributed by atoms with van der Waals surface area (Å²) in [7, 11) is 2.08. The van der Waals surface area contributed by atoms with E-state index in [2.05, 4.69) is 13.1 Å². The molecule has 0 saturated carbocycles. The zero-order chi connectivity index (χ0) is 15.9. The summed E-state index contributed by atoms with van der Waals surface area (Å²) in [4.78, 5) is 13.6. The summed E-state index contributed by atoms with van der Waals surface area (Å²) in [5, 5.41) is 18.8. The third-order valence-corrected chi connectivity index (χ3v) is 4.55. The summed E-state index contributed by atoms with van der Waals surface area (Å²) in [6, 6.07) is 3.31. The minimum Gasteiger partial charge on any atom is -0.458 e. The number of nitrogens with two attached hydrogens (primary N) is 1. The molecule has 2 aliphatic heterocycles. The first kappa shape index (κ1) is 14.6. The molecule has 7 heteroatoms. The predicted molar refractivity (Wildman–Crippen MR) is 75.9 cm³/mol. The Kier molecular flexibility index (Phi) is 3.43. The van der Waals surface area contributed by atoms with Crippen molar-refractivity contribution in [2.75, 3.05) is 20.1 Å². The molecule has 0 unspecified atom stereocenters. The van der Waals surface area contributed by atoms with Gasteiger partial charge < -0.3 is 24.9 Å². The molecule has 0 atom stereocenters. The molecule has 4 N–H and O–H groups in total. The number of ether oxygens (including phenoxy) is 1. The number of piperidine rings is 1. The molecule has 22 heavy (non-hydrogen) atoms. The second-order valence-electron chi connectivity index (χ2n) is 5.89. The van der Waals surface area contributed by atoms with E-state index >= 15 is 0 Å². The molecule has 2 aliphatic rings. The maximum Gasteiger partial charge on any atom is 0.228 e. The van der Waals surface area contributed by atoms with Crippen LogP contribution in [0, 0.1) is 11.3 Å². The van der Waals surface area contributed by atoms with E-state index in [1.165, 1.54) is 11.0 Å². The Morgan fingerprint density at radius 2 is 2.18 bits per heavy atom. The van der Waals surface area contributed by atoms with Gasteiger partial charge in [-0.3, -0.25) is 4.79 Å². The smallest absolute Gasteiger partial charge is 0.228 e. The van der Waals surface area contributed by atoms with Crippen molar-refractivity contribution in [3.8, 4) is 11.8 Å². The van der Waals surface area contributed by atoms with Gasteiger partial charge in [-0.25, -0.2) is 0 Å². The van der Waals surface area contributed by atoms with Crippen molar-refractivity contribution in [3.05, 3.63) is 39.3 Å². The molecular formula is C15H18N3O4+. The van der Waals surface area contributed by atoms with Gasteiger partial charge in [0.05, 0.1) is 25.6 Å². The number of hydrogen-bond donors (Lipinski definition) is 3. The number of allylic oxidation sites excluding steroid dienone is 1. The van der Waals surface area contributed by atoms with Crippen LogP contribution >= 0.6 is 0 Å². The molecular weight excluding hydrogens is 286 g/mol. The summed E-state index contributed by atoms with van der Waals surface area (Å²) < 4.78 is 11.1. The topological polar surface area (TPSA) is 114 Å². The minimum atomic E-state index is -0.740. The molecule has 116 valence electrons. The predicted octanol–water partition coefficient (Wildman–Crippen LogP) is -1.24. The number of quaternary nitrogens is 1. The second kappa shape index (κ2) is 5.16. The molecule has 0 aliphatic carbocycles. The lowest BCUT2D eigenvalue weighted by atomic mass is 9.69. The first-order valence-electron chi connectivity index (χ1n) is 7.19. The van der Waals surface area contributed by atoms with Crippen LogP contribution in [0.15, 0.2) is 26.7 Å². The number of aliphatic hydroxyl groups excluding tert-OH is 1. The normalized spacial score (nSPS) is 27.2. The van der Waals surface area contributed by atoms with E-state index in [0.29, 0.717) is 24.2 Å². The molecule has 1 saturated heterocycles. The van der Waals surface area contributed by atoms with Crippen LogP contribution in [0.4, 0.5) is 0 Å². The van der Waals surface area contributed by atoms with Crippen LogP contribution < -0.4 is 20.8 Å². The first-order chi connectivity index (χ1) is 10.5. The van der Waals surface area contributed by atoms with Crippen LogP contribution in [0.5, 0.6) is 5.75 Å².